The summed E-state index contributed by atoms with van der Waals surface area (Å²) < 4.78 is 7.01. The number of benzene rings is 1. The normalized spacial score (nSPS) is 18.2. The Bertz CT molecular complexity index is 649. The Morgan fingerprint density at radius 1 is 1.38 bits per heavy atom. The second-order valence-electron chi connectivity index (χ2n) is 5.26. The highest BCUT2D eigenvalue weighted by atomic mass is 79.9. The minimum atomic E-state index is -0.0719. The van der Waals surface area contributed by atoms with Crippen molar-refractivity contribution in [2.45, 2.75) is 30.6 Å². The third kappa shape index (κ3) is 3.02. The number of aryl methyl sites for hydroxylation is 1. The molecule has 4 nitrogen and oxygen atoms in total. The predicted molar refractivity (Wildman–Crippen MR) is 84.3 cm³/mol. The lowest BCUT2D eigenvalue weighted by Gasteiger charge is -2.05. The average molecular weight is 349 g/mol. The molecule has 0 radical (unpaired) electrons. The number of carbonyl (C=O) groups is 1. The van der Waals surface area contributed by atoms with E-state index in [1.54, 1.807) is 7.11 Å². The summed E-state index contributed by atoms with van der Waals surface area (Å²) in [6.45, 7) is 0.664. The fraction of sp³-hybridized carbons (Fsp3) is 0.375. The van der Waals surface area contributed by atoms with Crippen molar-refractivity contribution in [3.8, 4) is 5.75 Å². The summed E-state index contributed by atoms with van der Waals surface area (Å²) in [6, 6.07) is 7.90. The molecule has 1 aromatic carbocycles. The average Bonchev–Trinajstić information content (AvgIpc) is 2.84. The van der Waals surface area contributed by atoms with Crippen molar-refractivity contribution in [3.05, 3.63) is 47.3 Å². The molecule has 1 aliphatic rings. The lowest BCUT2D eigenvalue weighted by Crippen LogP contribution is -2.12. The molecule has 2 aromatic rings. The van der Waals surface area contributed by atoms with Gasteiger partial charge in [-0.3, -0.25) is 9.48 Å². The number of rotatable bonds is 3. The first-order valence-electron chi connectivity index (χ1n) is 7.05. The van der Waals surface area contributed by atoms with E-state index in [4.69, 9.17) is 4.74 Å². The molecule has 110 valence electrons. The number of methoxy groups -OCH3 is 1. The number of hydrogen-bond acceptors (Lipinski definition) is 3. The van der Waals surface area contributed by atoms with Crippen LogP contribution in [0.25, 0.3) is 0 Å². The molecule has 1 atom stereocenters. The molecular weight excluding hydrogens is 332 g/mol. The third-order valence-electron chi connectivity index (χ3n) is 3.76. The first-order valence-corrected chi connectivity index (χ1v) is 7.96. The zero-order valence-corrected chi connectivity index (χ0v) is 13.5. The fourth-order valence-corrected chi connectivity index (χ4v) is 3.17. The van der Waals surface area contributed by atoms with Gasteiger partial charge in [-0.25, -0.2) is 0 Å². The van der Waals surface area contributed by atoms with Crippen LogP contribution in [0, 0.1) is 0 Å². The van der Waals surface area contributed by atoms with Crippen molar-refractivity contribution in [1.29, 1.82) is 0 Å². The van der Waals surface area contributed by atoms with Crippen molar-refractivity contribution in [1.82, 2.24) is 9.78 Å². The van der Waals surface area contributed by atoms with Crippen LogP contribution >= 0.6 is 15.9 Å². The predicted octanol–water partition coefficient (Wildman–Crippen LogP) is 3.22. The number of ether oxygens (including phenoxy) is 1. The maximum absolute atomic E-state index is 12.3. The summed E-state index contributed by atoms with van der Waals surface area (Å²) in [6.07, 6.45) is 4.63. The van der Waals surface area contributed by atoms with Gasteiger partial charge < -0.3 is 4.74 Å². The van der Waals surface area contributed by atoms with Crippen molar-refractivity contribution in [2.24, 2.45) is 0 Å². The van der Waals surface area contributed by atoms with Crippen LogP contribution in [0.4, 0.5) is 0 Å². The minimum absolute atomic E-state index is 0.0719. The fourth-order valence-electron chi connectivity index (χ4n) is 2.60. The summed E-state index contributed by atoms with van der Waals surface area (Å²) in [5, 5.41) is 4.58. The lowest BCUT2D eigenvalue weighted by atomic mass is 10.1. The zero-order chi connectivity index (χ0) is 14.8. The van der Waals surface area contributed by atoms with Gasteiger partial charge >= 0.3 is 0 Å². The number of fused-ring (bicyclic) bond motifs is 1. The second kappa shape index (κ2) is 6.02. The number of ketones is 1. The Kier molecular flexibility index (Phi) is 4.10. The molecule has 1 heterocycles. The summed E-state index contributed by atoms with van der Waals surface area (Å²) in [7, 11) is 1.65. The van der Waals surface area contributed by atoms with Crippen LogP contribution in [-0.2, 0) is 13.0 Å². The molecule has 1 unspecified atom stereocenters. The second-order valence-corrected chi connectivity index (χ2v) is 6.36. The number of hydrogen-bond donors (Lipinski definition) is 0. The van der Waals surface area contributed by atoms with Gasteiger partial charge in [0.1, 0.15) is 5.75 Å². The zero-order valence-electron chi connectivity index (χ0n) is 11.9. The van der Waals surface area contributed by atoms with Crippen LogP contribution < -0.4 is 4.74 Å². The molecule has 0 aliphatic heterocycles. The first-order chi connectivity index (χ1) is 10.2. The molecule has 0 spiro atoms. The smallest absolute Gasteiger partial charge is 0.179 e. The molecule has 5 heteroatoms. The molecule has 1 aliphatic carbocycles. The number of alkyl halides is 1. The maximum atomic E-state index is 12.3. The van der Waals surface area contributed by atoms with E-state index in [-0.39, 0.29) is 10.6 Å². The van der Waals surface area contributed by atoms with E-state index in [9.17, 15) is 4.79 Å². The van der Waals surface area contributed by atoms with E-state index in [0.29, 0.717) is 6.54 Å². The number of nitrogens with zero attached hydrogens (tertiary/aromatic N) is 2. The summed E-state index contributed by atoms with van der Waals surface area (Å²) in [4.78, 5) is 12.2. The van der Waals surface area contributed by atoms with Crippen molar-refractivity contribution in [2.75, 3.05) is 7.11 Å². The standard InChI is InChI=1S/C16H17BrN2O2/c1-21-12-7-5-11(6-8-12)9-19-10-13-15(18-19)4-2-3-14(17)16(13)20/h5-8,10,14H,2-4,9H2,1H3. The number of Topliss-reactive ketones (excluding diaryl/α,β-unsaturated/α-hetero) is 1. The highest BCUT2D eigenvalue weighted by Crippen LogP contribution is 2.24. The Morgan fingerprint density at radius 3 is 2.86 bits per heavy atom. The minimum Gasteiger partial charge on any atom is -0.497 e. The maximum Gasteiger partial charge on any atom is 0.179 e. The monoisotopic (exact) mass is 348 g/mol. The van der Waals surface area contributed by atoms with Crippen LogP contribution in [0.15, 0.2) is 30.5 Å². The molecule has 0 bridgehead atoms. The van der Waals surface area contributed by atoms with Crippen LogP contribution in [-0.4, -0.2) is 27.5 Å². The van der Waals surface area contributed by atoms with Crippen LogP contribution in [0.5, 0.6) is 5.75 Å². The molecule has 0 saturated carbocycles. The number of aromatic nitrogens is 2. The van der Waals surface area contributed by atoms with E-state index in [2.05, 4.69) is 21.0 Å². The Balaban J connectivity index is 1.82. The van der Waals surface area contributed by atoms with Gasteiger partial charge in [-0.2, -0.15) is 5.10 Å². The molecule has 3 rings (SSSR count). The Hall–Kier alpha value is -1.62. The van der Waals surface area contributed by atoms with Gasteiger partial charge in [0.2, 0.25) is 0 Å². The van der Waals surface area contributed by atoms with Gasteiger partial charge in [0.05, 0.1) is 29.7 Å². The number of halogens is 1. The Morgan fingerprint density at radius 2 is 2.14 bits per heavy atom. The van der Waals surface area contributed by atoms with Crippen molar-refractivity contribution < 1.29 is 9.53 Å². The quantitative estimate of drug-likeness (QED) is 0.631. The van der Waals surface area contributed by atoms with E-state index in [0.717, 1.165) is 41.8 Å². The third-order valence-corrected chi connectivity index (χ3v) is 4.64. The van der Waals surface area contributed by atoms with E-state index in [1.165, 1.54) is 0 Å². The van der Waals surface area contributed by atoms with E-state index in [1.807, 2.05) is 35.1 Å². The molecule has 0 N–H and O–H groups in total. The SMILES string of the molecule is COc1ccc(Cn2cc3c(n2)CCCC(Br)C3=O)cc1. The van der Waals surface area contributed by atoms with Crippen LogP contribution in [0.3, 0.4) is 0 Å². The summed E-state index contributed by atoms with van der Waals surface area (Å²) >= 11 is 3.46. The van der Waals surface area contributed by atoms with Crippen LogP contribution in [0.2, 0.25) is 0 Å². The van der Waals surface area contributed by atoms with Crippen LogP contribution in [0.1, 0.15) is 34.5 Å². The van der Waals surface area contributed by atoms with Crippen molar-refractivity contribution in [3.63, 3.8) is 0 Å². The molecule has 1 aromatic heterocycles. The lowest BCUT2D eigenvalue weighted by molar-refractivity contribution is 0.0990. The van der Waals surface area contributed by atoms with Gasteiger partial charge in [-0.05, 0) is 37.0 Å². The molecule has 0 amide bonds. The highest BCUT2D eigenvalue weighted by molar-refractivity contribution is 9.10. The van der Waals surface area contributed by atoms with E-state index < -0.39 is 0 Å². The molecular formula is C16H17BrN2O2. The van der Waals surface area contributed by atoms with Gasteiger partial charge in [-0.1, -0.05) is 28.1 Å². The largest absolute Gasteiger partial charge is 0.497 e. The summed E-state index contributed by atoms with van der Waals surface area (Å²) in [5.74, 6) is 0.996. The molecule has 21 heavy (non-hydrogen) atoms. The highest BCUT2D eigenvalue weighted by Gasteiger charge is 2.25. The van der Waals surface area contributed by atoms with Gasteiger partial charge in [0.15, 0.2) is 5.78 Å². The van der Waals surface area contributed by atoms with Crippen molar-refractivity contribution >= 4 is 21.7 Å². The summed E-state index contributed by atoms with van der Waals surface area (Å²) in [5.41, 5.74) is 2.83. The van der Waals surface area contributed by atoms with Gasteiger partial charge in [0.25, 0.3) is 0 Å². The first kappa shape index (κ1) is 14.3. The Labute approximate surface area is 132 Å². The topological polar surface area (TPSA) is 44.1 Å². The number of carbonyl (C=O) groups excluding carboxylic acids is 1. The molecule has 0 saturated heterocycles. The van der Waals surface area contributed by atoms with Gasteiger partial charge in [-0.15, -0.1) is 0 Å². The van der Waals surface area contributed by atoms with Gasteiger partial charge in [0, 0.05) is 6.20 Å². The molecule has 0 fully saturated rings. The van der Waals surface area contributed by atoms with E-state index >= 15 is 0 Å².